The molecule has 0 amide bonds. The average molecular weight is 286 g/mol. The summed E-state index contributed by atoms with van der Waals surface area (Å²) in [4.78, 5) is -0.376. The predicted molar refractivity (Wildman–Crippen MR) is 72.5 cm³/mol. The van der Waals surface area contributed by atoms with Crippen LogP contribution >= 0.6 is 0 Å². The first-order valence-electron chi connectivity index (χ1n) is 6.43. The van der Waals surface area contributed by atoms with E-state index in [9.17, 15) is 12.8 Å². The highest BCUT2D eigenvalue weighted by molar-refractivity contribution is 7.89. The molecule has 0 radical (unpaired) electrons. The van der Waals surface area contributed by atoms with Crippen molar-refractivity contribution in [3.05, 3.63) is 24.0 Å². The van der Waals surface area contributed by atoms with Crippen molar-refractivity contribution in [3.63, 3.8) is 0 Å². The first-order valence-corrected chi connectivity index (χ1v) is 7.91. The van der Waals surface area contributed by atoms with Crippen LogP contribution in [0.5, 0.6) is 0 Å². The van der Waals surface area contributed by atoms with E-state index in [0.717, 1.165) is 31.4 Å². The molecule has 19 heavy (non-hydrogen) atoms. The fourth-order valence-corrected chi connectivity index (χ4v) is 3.77. The van der Waals surface area contributed by atoms with Crippen LogP contribution in [-0.2, 0) is 10.0 Å². The maximum absolute atomic E-state index is 13.6. The first-order chi connectivity index (χ1) is 8.88. The second kappa shape index (κ2) is 5.46. The third kappa shape index (κ3) is 3.45. The molecule has 0 aliphatic heterocycles. The molecule has 1 aliphatic carbocycles. The zero-order valence-electron chi connectivity index (χ0n) is 10.9. The molecule has 2 atom stereocenters. The fraction of sp³-hybridized carbons (Fsp3) is 0.538. The average Bonchev–Trinajstić information content (AvgIpc) is 2.76. The maximum Gasteiger partial charge on any atom is 0.243 e. The molecular formula is C13H19FN2O2S. The van der Waals surface area contributed by atoms with Crippen molar-refractivity contribution < 1.29 is 12.8 Å². The summed E-state index contributed by atoms with van der Waals surface area (Å²) < 4.78 is 40.1. The van der Waals surface area contributed by atoms with Crippen LogP contribution in [0.25, 0.3) is 0 Å². The van der Waals surface area contributed by atoms with E-state index in [4.69, 9.17) is 5.73 Å². The molecule has 0 heterocycles. The molecule has 6 heteroatoms. The summed E-state index contributed by atoms with van der Waals surface area (Å²) in [7, 11) is -3.82. The lowest BCUT2D eigenvalue weighted by Crippen LogP contribution is -2.29. The second-order valence-corrected chi connectivity index (χ2v) is 7.06. The van der Waals surface area contributed by atoms with Gasteiger partial charge in [-0.15, -0.1) is 0 Å². The first kappa shape index (κ1) is 14.3. The van der Waals surface area contributed by atoms with Crippen LogP contribution in [0.2, 0.25) is 0 Å². The molecule has 1 saturated carbocycles. The number of hydrogen-bond acceptors (Lipinski definition) is 3. The van der Waals surface area contributed by atoms with E-state index < -0.39 is 15.8 Å². The van der Waals surface area contributed by atoms with E-state index in [1.54, 1.807) is 0 Å². The highest BCUT2D eigenvalue weighted by atomic mass is 32.2. The number of hydrogen-bond donors (Lipinski definition) is 2. The van der Waals surface area contributed by atoms with Crippen LogP contribution in [0, 0.1) is 17.7 Å². The number of benzene rings is 1. The Bertz CT molecular complexity index is 560. The number of anilines is 1. The molecule has 0 bridgehead atoms. The summed E-state index contributed by atoms with van der Waals surface area (Å²) in [6.07, 6.45) is 3.16. The third-order valence-corrected chi connectivity index (χ3v) is 5.05. The minimum absolute atomic E-state index is 0.233. The summed E-state index contributed by atoms with van der Waals surface area (Å²) in [6, 6.07) is 3.56. The summed E-state index contributed by atoms with van der Waals surface area (Å²) in [5.41, 5.74) is 5.73. The van der Waals surface area contributed by atoms with Gasteiger partial charge in [-0.05, 0) is 42.9 Å². The Morgan fingerprint density at radius 3 is 2.79 bits per heavy atom. The Kier molecular flexibility index (Phi) is 4.10. The van der Waals surface area contributed by atoms with Crippen molar-refractivity contribution in [2.75, 3.05) is 12.3 Å². The van der Waals surface area contributed by atoms with E-state index in [2.05, 4.69) is 11.6 Å². The van der Waals surface area contributed by atoms with Gasteiger partial charge < -0.3 is 5.73 Å². The third-order valence-electron chi connectivity index (χ3n) is 3.61. The molecule has 1 aliphatic rings. The van der Waals surface area contributed by atoms with Crippen molar-refractivity contribution in [1.82, 2.24) is 4.72 Å². The summed E-state index contributed by atoms with van der Waals surface area (Å²) in [5, 5.41) is 0. The molecule has 0 saturated heterocycles. The summed E-state index contributed by atoms with van der Waals surface area (Å²) in [6.45, 7) is 2.52. The zero-order chi connectivity index (χ0) is 14.0. The van der Waals surface area contributed by atoms with E-state index in [-0.39, 0.29) is 10.6 Å². The normalized spacial score (nSPS) is 23.7. The van der Waals surface area contributed by atoms with E-state index in [1.165, 1.54) is 6.07 Å². The Balaban J connectivity index is 2.08. The van der Waals surface area contributed by atoms with Gasteiger partial charge in [0.15, 0.2) is 0 Å². The SMILES string of the molecule is CC1CCC(CNS(=O)(=O)c2cc(N)ccc2F)C1. The van der Waals surface area contributed by atoms with Crippen molar-refractivity contribution in [3.8, 4) is 0 Å². The van der Waals surface area contributed by atoms with Gasteiger partial charge in [-0.1, -0.05) is 13.3 Å². The molecule has 1 aromatic rings. The Morgan fingerprint density at radius 1 is 1.42 bits per heavy atom. The van der Waals surface area contributed by atoms with Crippen LogP contribution in [0.15, 0.2) is 23.1 Å². The molecular weight excluding hydrogens is 267 g/mol. The number of nitrogen functional groups attached to an aromatic ring is 1. The van der Waals surface area contributed by atoms with Gasteiger partial charge >= 0.3 is 0 Å². The van der Waals surface area contributed by atoms with Gasteiger partial charge in [0.05, 0.1) is 0 Å². The highest BCUT2D eigenvalue weighted by Crippen LogP contribution is 2.30. The Hall–Kier alpha value is -1.14. The molecule has 1 aromatic carbocycles. The van der Waals surface area contributed by atoms with Crippen LogP contribution in [0.3, 0.4) is 0 Å². The minimum atomic E-state index is -3.82. The summed E-state index contributed by atoms with van der Waals surface area (Å²) in [5.74, 6) is 0.203. The van der Waals surface area contributed by atoms with Crippen LogP contribution < -0.4 is 10.5 Å². The van der Waals surface area contributed by atoms with Crippen LogP contribution in [0.4, 0.5) is 10.1 Å². The van der Waals surface area contributed by atoms with Crippen LogP contribution in [0.1, 0.15) is 26.2 Å². The van der Waals surface area contributed by atoms with Gasteiger partial charge in [-0.25, -0.2) is 17.5 Å². The number of halogens is 1. The van der Waals surface area contributed by atoms with Gasteiger partial charge in [0, 0.05) is 12.2 Å². The number of rotatable bonds is 4. The lowest BCUT2D eigenvalue weighted by Gasteiger charge is -2.12. The molecule has 2 unspecified atom stereocenters. The van der Waals surface area contributed by atoms with Gasteiger partial charge in [0.25, 0.3) is 0 Å². The number of sulfonamides is 1. The lowest BCUT2D eigenvalue weighted by atomic mass is 10.1. The van der Waals surface area contributed by atoms with E-state index >= 15 is 0 Å². The lowest BCUT2D eigenvalue weighted by molar-refractivity contribution is 0.495. The smallest absolute Gasteiger partial charge is 0.243 e. The van der Waals surface area contributed by atoms with Crippen molar-refractivity contribution >= 4 is 15.7 Å². The molecule has 4 nitrogen and oxygen atoms in total. The van der Waals surface area contributed by atoms with E-state index in [1.807, 2.05) is 0 Å². The van der Waals surface area contributed by atoms with Gasteiger partial charge in [0.1, 0.15) is 10.7 Å². The topological polar surface area (TPSA) is 72.2 Å². The van der Waals surface area contributed by atoms with Crippen molar-refractivity contribution in [2.45, 2.75) is 31.1 Å². The molecule has 3 N–H and O–H groups in total. The predicted octanol–water partition coefficient (Wildman–Crippen LogP) is 2.12. The molecule has 0 spiro atoms. The van der Waals surface area contributed by atoms with Gasteiger partial charge in [-0.3, -0.25) is 0 Å². The second-order valence-electron chi connectivity index (χ2n) is 5.33. The maximum atomic E-state index is 13.6. The molecule has 0 aromatic heterocycles. The summed E-state index contributed by atoms with van der Waals surface area (Å²) >= 11 is 0. The quantitative estimate of drug-likeness (QED) is 0.833. The standard InChI is InChI=1S/C13H19FN2O2S/c1-9-2-3-10(6-9)8-16-19(17,18)13-7-11(15)4-5-12(13)14/h4-5,7,9-10,16H,2-3,6,8,15H2,1H3. The molecule has 1 fully saturated rings. The monoisotopic (exact) mass is 286 g/mol. The number of nitrogens with one attached hydrogen (secondary N) is 1. The highest BCUT2D eigenvalue weighted by Gasteiger charge is 2.25. The Labute approximate surface area is 113 Å². The Morgan fingerprint density at radius 2 is 2.16 bits per heavy atom. The largest absolute Gasteiger partial charge is 0.399 e. The fourth-order valence-electron chi connectivity index (χ4n) is 2.54. The molecule has 106 valence electrons. The number of nitrogens with two attached hydrogens (primary N) is 1. The van der Waals surface area contributed by atoms with Gasteiger partial charge in [0.2, 0.25) is 10.0 Å². The van der Waals surface area contributed by atoms with Crippen molar-refractivity contribution in [2.24, 2.45) is 11.8 Å². The van der Waals surface area contributed by atoms with Gasteiger partial charge in [-0.2, -0.15) is 0 Å². The van der Waals surface area contributed by atoms with Crippen molar-refractivity contribution in [1.29, 1.82) is 0 Å². The van der Waals surface area contributed by atoms with Crippen LogP contribution in [-0.4, -0.2) is 15.0 Å². The van der Waals surface area contributed by atoms with E-state index in [0.29, 0.717) is 18.4 Å². The minimum Gasteiger partial charge on any atom is -0.399 e. The zero-order valence-corrected chi connectivity index (χ0v) is 11.7. The molecule has 2 rings (SSSR count).